The molecule has 0 aliphatic carbocycles. The number of piperazine rings is 1. The molecule has 33 heavy (non-hydrogen) atoms. The van der Waals surface area contributed by atoms with Gasteiger partial charge in [0.05, 0.1) is 16.9 Å². The largest absolute Gasteiger partial charge is 0.439 e. The summed E-state index contributed by atoms with van der Waals surface area (Å²) in [7, 11) is 0. The quantitative estimate of drug-likeness (QED) is 0.510. The monoisotopic (exact) mass is 440 g/mol. The minimum absolute atomic E-state index is 0.188. The molecule has 1 unspecified atom stereocenters. The van der Waals surface area contributed by atoms with Crippen LogP contribution < -0.4 is 4.74 Å². The Morgan fingerprint density at radius 1 is 1.12 bits per heavy atom. The Morgan fingerprint density at radius 2 is 2.06 bits per heavy atom. The number of ether oxygens (including phenoxy) is 1. The maximum Gasteiger partial charge on any atom is 0.219 e. The lowest BCUT2D eigenvalue weighted by atomic mass is 10.2. The Kier molecular flexibility index (Phi) is 4.80. The van der Waals surface area contributed by atoms with Crippen molar-refractivity contribution in [2.75, 3.05) is 13.1 Å². The third-order valence-corrected chi connectivity index (χ3v) is 6.60. The van der Waals surface area contributed by atoms with Crippen LogP contribution >= 0.6 is 0 Å². The van der Waals surface area contributed by atoms with Crippen LogP contribution in [0.1, 0.15) is 19.0 Å². The van der Waals surface area contributed by atoms with Gasteiger partial charge in [-0.05, 0) is 42.8 Å². The van der Waals surface area contributed by atoms with Gasteiger partial charge in [0.1, 0.15) is 5.75 Å². The number of hydrogen-bond acceptors (Lipinski definition) is 6. The van der Waals surface area contributed by atoms with Crippen LogP contribution in [0.2, 0.25) is 0 Å². The van der Waals surface area contributed by atoms with Crippen LogP contribution in [0.3, 0.4) is 0 Å². The predicted molar refractivity (Wildman–Crippen MR) is 124 cm³/mol. The molecule has 0 radical (unpaired) electrons. The summed E-state index contributed by atoms with van der Waals surface area (Å²) in [6.45, 7) is 4.25. The van der Waals surface area contributed by atoms with E-state index in [2.05, 4.69) is 32.2 Å². The number of H-pyrrole nitrogens is 1. The van der Waals surface area contributed by atoms with E-state index >= 15 is 0 Å². The molecule has 1 N–H and O–H groups in total. The van der Waals surface area contributed by atoms with Crippen LogP contribution in [0.15, 0.2) is 60.9 Å². The molecule has 4 aromatic rings. The molecule has 3 aromatic heterocycles. The second-order valence-electron chi connectivity index (χ2n) is 8.75. The van der Waals surface area contributed by atoms with Crippen molar-refractivity contribution in [3.8, 4) is 22.9 Å². The first-order chi connectivity index (χ1) is 16.1. The van der Waals surface area contributed by atoms with Gasteiger partial charge in [0.15, 0.2) is 0 Å². The van der Waals surface area contributed by atoms with Gasteiger partial charge in [0.2, 0.25) is 11.8 Å². The fourth-order valence-corrected chi connectivity index (χ4v) is 4.97. The molecular formula is C25H24N6O2. The van der Waals surface area contributed by atoms with E-state index in [4.69, 9.17) is 9.72 Å². The van der Waals surface area contributed by atoms with Gasteiger partial charge < -0.3 is 9.64 Å². The lowest BCUT2D eigenvalue weighted by molar-refractivity contribution is -0.131. The normalized spacial score (nSPS) is 20.0. The number of nitrogens with zero attached hydrogens (tertiary/aromatic N) is 5. The lowest BCUT2D eigenvalue weighted by Gasteiger charge is -2.33. The molecule has 2 aliphatic rings. The van der Waals surface area contributed by atoms with E-state index in [1.54, 1.807) is 19.3 Å². The zero-order valence-corrected chi connectivity index (χ0v) is 18.3. The summed E-state index contributed by atoms with van der Waals surface area (Å²) < 4.78 is 5.95. The molecule has 1 amide bonds. The van der Waals surface area contributed by atoms with E-state index in [1.807, 2.05) is 41.3 Å². The van der Waals surface area contributed by atoms with Crippen molar-refractivity contribution < 1.29 is 9.53 Å². The molecule has 5 heterocycles. The molecule has 2 bridgehead atoms. The second-order valence-corrected chi connectivity index (χ2v) is 8.75. The highest BCUT2D eigenvalue weighted by Crippen LogP contribution is 2.32. The molecule has 6 rings (SSSR count). The number of nitrogens with one attached hydrogen (secondary N) is 1. The van der Waals surface area contributed by atoms with E-state index in [0.29, 0.717) is 18.0 Å². The van der Waals surface area contributed by atoms with Crippen LogP contribution in [0, 0.1) is 0 Å². The van der Waals surface area contributed by atoms with Gasteiger partial charge in [-0.3, -0.25) is 19.8 Å². The van der Waals surface area contributed by atoms with Crippen molar-refractivity contribution in [2.24, 2.45) is 0 Å². The summed E-state index contributed by atoms with van der Waals surface area (Å²) in [4.78, 5) is 25.4. The van der Waals surface area contributed by atoms with Crippen LogP contribution in [0.4, 0.5) is 0 Å². The number of fused-ring (bicyclic) bond motifs is 3. The van der Waals surface area contributed by atoms with Gasteiger partial charge in [-0.15, -0.1) is 0 Å². The number of aromatic nitrogens is 4. The number of amides is 1. The fourth-order valence-electron chi connectivity index (χ4n) is 4.97. The molecule has 2 fully saturated rings. The number of likely N-dealkylation sites (tertiary alicyclic amines) is 2. The Bertz CT molecular complexity index is 1300. The van der Waals surface area contributed by atoms with Gasteiger partial charge in [-0.2, -0.15) is 5.10 Å². The number of carbonyl (C=O) groups excluding carboxylic acids is 1. The summed E-state index contributed by atoms with van der Waals surface area (Å²) in [5, 5.41) is 7.99. The highest BCUT2D eigenvalue weighted by Gasteiger charge is 2.44. The van der Waals surface area contributed by atoms with E-state index in [0.717, 1.165) is 59.7 Å². The third-order valence-electron chi connectivity index (χ3n) is 6.60. The molecule has 1 aromatic carbocycles. The van der Waals surface area contributed by atoms with Crippen LogP contribution in [-0.2, 0) is 11.3 Å². The Balaban J connectivity index is 1.13. The molecule has 2 atom stereocenters. The van der Waals surface area contributed by atoms with Crippen molar-refractivity contribution in [3.05, 3.63) is 66.6 Å². The summed E-state index contributed by atoms with van der Waals surface area (Å²) >= 11 is 0. The Hall–Kier alpha value is -3.78. The van der Waals surface area contributed by atoms with Gasteiger partial charge in [-0.25, -0.2) is 4.98 Å². The summed E-state index contributed by atoms with van der Waals surface area (Å²) in [6, 6.07) is 16.5. The zero-order chi connectivity index (χ0) is 22.4. The highest BCUT2D eigenvalue weighted by molar-refractivity contribution is 5.80. The number of aromatic amines is 1. The van der Waals surface area contributed by atoms with E-state index < -0.39 is 0 Å². The number of carbonyl (C=O) groups is 1. The van der Waals surface area contributed by atoms with Crippen molar-refractivity contribution in [3.63, 3.8) is 0 Å². The maximum atomic E-state index is 11.7. The van der Waals surface area contributed by atoms with Gasteiger partial charge in [-0.1, -0.05) is 6.07 Å². The standard InChI is InChI=1S/C25H24N6O2/c1-16(32)31-15-20-11-21(31)14-30(20)13-19-4-2-17-10-22(5-6-23(17)28-19)33-25-7-3-18(12-26-25)24-8-9-27-29-24/h2-10,12,20-21H,11,13-15H2,1H3,(H,27,29)/t20?,21-/m0/s1. The first kappa shape index (κ1) is 19.9. The molecule has 2 aliphatic heterocycles. The number of hydrogen-bond donors (Lipinski definition) is 1. The van der Waals surface area contributed by atoms with E-state index in [1.165, 1.54) is 0 Å². The minimum Gasteiger partial charge on any atom is -0.439 e. The predicted octanol–water partition coefficient (Wildman–Crippen LogP) is 3.62. The van der Waals surface area contributed by atoms with Crippen molar-refractivity contribution in [1.82, 2.24) is 30.0 Å². The first-order valence-electron chi connectivity index (χ1n) is 11.2. The van der Waals surface area contributed by atoms with Gasteiger partial charge in [0, 0.05) is 68.1 Å². The van der Waals surface area contributed by atoms with Crippen LogP contribution in [-0.4, -0.2) is 61.0 Å². The molecule has 0 spiro atoms. The summed E-state index contributed by atoms with van der Waals surface area (Å²) in [5.41, 5.74) is 3.77. The van der Waals surface area contributed by atoms with Gasteiger partial charge >= 0.3 is 0 Å². The minimum atomic E-state index is 0.188. The van der Waals surface area contributed by atoms with Crippen molar-refractivity contribution in [1.29, 1.82) is 0 Å². The van der Waals surface area contributed by atoms with E-state index in [-0.39, 0.29) is 5.91 Å². The smallest absolute Gasteiger partial charge is 0.219 e. The van der Waals surface area contributed by atoms with Crippen molar-refractivity contribution >= 4 is 16.8 Å². The molecule has 0 saturated carbocycles. The lowest BCUT2D eigenvalue weighted by Crippen LogP contribution is -2.47. The molecular weight excluding hydrogens is 416 g/mol. The summed E-state index contributed by atoms with van der Waals surface area (Å²) in [6.07, 6.45) is 4.61. The third kappa shape index (κ3) is 3.82. The Morgan fingerprint density at radius 3 is 2.79 bits per heavy atom. The number of rotatable bonds is 5. The molecule has 166 valence electrons. The zero-order valence-electron chi connectivity index (χ0n) is 18.3. The average Bonchev–Trinajstić information content (AvgIpc) is 3.57. The maximum absolute atomic E-state index is 11.7. The molecule has 8 nitrogen and oxygen atoms in total. The van der Waals surface area contributed by atoms with Crippen molar-refractivity contribution in [2.45, 2.75) is 32.0 Å². The highest BCUT2D eigenvalue weighted by atomic mass is 16.5. The summed E-state index contributed by atoms with van der Waals surface area (Å²) in [5.74, 6) is 1.44. The van der Waals surface area contributed by atoms with Crippen LogP contribution in [0.25, 0.3) is 22.2 Å². The van der Waals surface area contributed by atoms with E-state index in [9.17, 15) is 4.79 Å². The average molecular weight is 441 g/mol. The molecule has 8 heteroatoms. The SMILES string of the molecule is CC(=O)N1CC2C[C@H]1CN2Cc1ccc2cc(Oc3ccc(-c4cc[nH]n4)cn3)ccc2n1. The van der Waals surface area contributed by atoms with Crippen LogP contribution in [0.5, 0.6) is 11.6 Å². The number of pyridine rings is 2. The fraction of sp³-hybridized carbons (Fsp3) is 0.280. The van der Waals surface area contributed by atoms with Gasteiger partial charge in [0.25, 0.3) is 0 Å². The first-order valence-corrected chi connectivity index (χ1v) is 11.2. The molecule has 2 saturated heterocycles. The Labute approximate surface area is 191 Å². The second kappa shape index (κ2) is 7.97. The topological polar surface area (TPSA) is 87.2 Å². The number of benzene rings is 1.